The number of nitriles is 1. The minimum absolute atomic E-state index is 0.268. The van der Waals surface area contributed by atoms with Crippen molar-refractivity contribution in [2.24, 2.45) is 0 Å². The number of benzene rings is 1. The molecule has 3 aromatic rings. The molecule has 2 aromatic heterocycles. The van der Waals surface area contributed by atoms with E-state index in [0.717, 1.165) is 54.4 Å². The van der Waals surface area contributed by atoms with Crippen molar-refractivity contribution < 1.29 is 4.74 Å². The van der Waals surface area contributed by atoms with Gasteiger partial charge in [0.15, 0.2) is 5.65 Å². The monoisotopic (exact) mass is 320 g/mol. The number of anilines is 1. The molecule has 0 atom stereocenters. The second-order valence-electron chi connectivity index (χ2n) is 6.46. The minimum atomic E-state index is 0.268. The summed E-state index contributed by atoms with van der Waals surface area (Å²) in [5.74, 6) is 1.37. The quantitative estimate of drug-likeness (QED) is 0.727. The Morgan fingerprint density at radius 1 is 1.21 bits per heavy atom. The van der Waals surface area contributed by atoms with Crippen LogP contribution in [0.2, 0.25) is 0 Å². The van der Waals surface area contributed by atoms with E-state index >= 15 is 0 Å². The van der Waals surface area contributed by atoms with Gasteiger partial charge in [0.2, 0.25) is 0 Å². The smallest absolute Gasteiger partial charge is 0.157 e. The molecule has 0 aliphatic carbocycles. The van der Waals surface area contributed by atoms with Gasteiger partial charge in [0.25, 0.3) is 0 Å². The van der Waals surface area contributed by atoms with Crippen LogP contribution in [0.1, 0.15) is 30.9 Å². The molecule has 0 radical (unpaired) electrons. The number of imidazole rings is 1. The van der Waals surface area contributed by atoms with Crippen LogP contribution >= 0.6 is 0 Å². The van der Waals surface area contributed by atoms with Crippen molar-refractivity contribution in [3.63, 3.8) is 0 Å². The predicted octanol–water partition coefficient (Wildman–Crippen LogP) is 3.32. The highest BCUT2D eigenvalue weighted by molar-refractivity contribution is 5.85. The molecule has 0 unspecified atom stereocenters. The number of rotatable bonds is 2. The Bertz CT molecular complexity index is 945. The number of hydrogen-bond donors (Lipinski definition) is 0. The summed E-state index contributed by atoms with van der Waals surface area (Å²) in [5, 5.41) is 9.75. The fourth-order valence-electron chi connectivity index (χ4n) is 3.43. The lowest BCUT2D eigenvalue weighted by Gasteiger charge is -2.30. The maximum atomic E-state index is 9.75. The van der Waals surface area contributed by atoms with Crippen molar-refractivity contribution in [3.8, 4) is 6.07 Å². The topological polar surface area (TPSA) is 53.6 Å². The number of fused-ring (bicyclic) bond motifs is 3. The molecule has 0 N–H and O–H groups in total. The Morgan fingerprint density at radius 3 is 2.67 bits per heavy atom. The maximum Gasteiger partial charge on any atom is 0.157 e. The van der Waals surface area contributed by atoms with Gasteiger partial charge in [-0.15, -0.1) is 0 Å². The first-order valence-corrected chi connectivity index (χ1v) is 8.37. The van der Waals surface area contributed by atoms with Gasteiger partial charge in [-0.1, -0.05) is 26.0 Å². The normalized spacial score (nSPS) is 15.3. The molecule has 0 spiro atoms. The van der Waals surface area contributed by atoms with Crippen LogP contribution in [0.25, 0.3) is 16.7 Å². The number of hydrogen-bond acceptors (Lipinski definition) is 4. The fourth-order valence-corrected chi connectivity index (χ4v) is 3.43. The minimum Gasteiger partial charge on any atom is -0.378 e. The van der Waals surface area contributed by atoms with Crippen molar-refractivity contribution in [1.29, 1.82) is 5.26 Å². The molecule has 0 amide bonds. The van der Waals surface area contributed by atoms with Crippen LogP contribution in [-0.2, 0) is 4.74 Å². The number of nitrogens with zero attached hydrogens (tertiary/aromatic N) is 4. The molecular formula is C19H20N4O. The molecule has 1 saturated heterocycles. The third kappa shape index (κ3) is 2.22. The summed E-state index contributed by atoms with van der Waals surface area (Å²) in [5.41, 5.74) is 4.46. The van der Waals surface area contributed by atoms with Crippen molar-refractivity contribution in [2.75, 3.05) is 31.2 Å². The highest BCUT2D eigenvalue weighted by Gasteiger charge is 2.22. The zero-order chi connectivity index (χ0) is 16.7. The second kappa shape index (κ2) is 5.81. The first kappa shape index (κ1) is 15.0. The Labute approximate surface area is 141 Å². The highest BCUT2D eigenvalue weighted by Crippen LogP contribution is 2.32. The molecule has 5 heteroatoms. The van der Waals surface area contributed by atoms with Crippen LogP contribution in [0, 0.1) is 11.3 Å². The summed E-state index contributed by atoms with van der Waals surface area (Å²) >= 11 is 0. The predicted molar refractivity (Wildman–Crippen MR) is 94.5 cm³/mol. The molecule has 0 bridgehead atoms. The van der Waals surface area contributed by atoms with E-state index in [2.05, 4.69) is 41.4 Å². The molecule has 1 aliphatic rings. The van der Waals surface area contributed by atoms with E-state index < -0.39 is 0 Å². The zero-order valence-electron chi connectivity index (χ0n) is 14.0. The summed E-state index contributed by atoms with van der Waals surface area (Å²) in [6.45, 7) is 7.41. The number of aromatic nitrogens is 2. The summed E-state index contributed by atoms with van der Waals surface area (Å²) in [4.78, 5) is 7.10. The van der Waals surface area contributed by atoms with E-state index in [1.807, 2.05) is 18.2 Å². The highest BCUT2D eigenvalue weighted by atomic mass is 16.5. The number of para-hydroxylation sites is 2. The first-order chi connectivity index (χ1) is 11.7. The Hall–Kier alpha value is -2.58. The summed E-state index contributed by atoms with van der Waals surface area (Å²) in [6, 6.07) is 12.6. The number of morpholine rings is 1. The third-order valence-electron chi connectivity index (χ3n) is 4.66. The average Bonchev–Trinajstić information content (AvgIpc) is 3.00. The van der Waals surface area contributed by atoms with Gasteiger partial charge in [0.05, 0.1) is 29.8 Å². The van der Waals surface area contributed by atoms with Gasteiger partial charge in [0.1, 0.15) is 11.9 Å². The van der Waals surface area contributed by atoms with E-state index in [1.54, 1.807) is 0 Å². The molecule has 0 saturated carbocycles. The molecular weight excluding hydrogens is 300 g/mol. The van der Waals surface area contributed by atoms with Crippen LogP contribution in [-0.4, -0.2) is 35.7 Å². The van der Waals surface area contributed by atoms with Crippen LogP contribution in [0.5, 0.6) is 0 Å². The molecule has 122 valence electrons. The van der Waals surface area contributed by atoms with Crippen LogP contribution in [0.4, 0.5) is 5.82 Å². The van der Waals surface area contributed by atoms with Crippen LogP contribution in [0.15, 0.2) is 30.3 Å². The van der Waals surface area contributed by atoms with E-state index in [1.165, 1.54) is 0 Å². The SMILES string of the molecule is CC(C)c1cc(N2CCOCC2)n2c(nc3ccccc32)c1C#N. The summed E-state index contributed by atoms with van der Waals surface area (Å²) in [7, 11) is 0. The lowest BCUT2D eigenvalue weighted by molar-refractivity contribution is 0.122. The molecule has 1 aliphatic heterocycles. The third-order valence-corrected chi connectivity index (χ3v) is 4.66. The van der Waals surface area contributed by atoms with Gasteiger partial charge in [0, 0.05) is 13.1 Å². The van der Waals surface area contributed by atoms with Gasteiger partial charge in [-0.25, -0.2) is 4.98 Å². The molecule has 5 nitrogen and oxygen atoms in total. The molecule has 3 heterocycles. The lowest BCUT2D eigenvalue weighted by atomic mass is 9.98. The Morgan fingerprint density at radius 2 is 1.96 bits per heavy atom. The van der Waals surface area contributed by atoms with Crippen molar-refractivity contribution in [1.82, 2.24) is 9.38 Å². The second-order valence-corrected chi connectivity index (χ2v) is 6.46. The zero-order valence-corrected chi connectivity index (χ0v) is 14.0. The largest absolute Gasteiger partial charge is 0.378 e. The van der Waals surface area contributed by atoms with E-state index in [-0.39, 0.29) is 5.92 Å². The van der Waals surface area contributed by atoms with Gasteiger partial charge >= 0.3 is 0 Å². The maximum absolute atomic E-state index is 9.75. The van der Waals surface area contributed by atoms with Crippen molar-refractivity contribution in [2.45, 2.75) is 19.8 Å². The Kier molecular flexibility index (Phi) is 3.62. The Balaban J connectivity index is 2.10. The van der Waals surface area contributed by atoms with Crippen molar-refractivity contribution in [3.05, 3.63) is 41.5 Å². The lowest BCUT2D eigenvalue weighted by Crippen LogP contribution is -2.37. The average molecular weight is 320 g/mol. The molecule has 1 fully saturated rings. The summed E-state index contributed by atoms with van der Waals surface area (Å²) in [6.07, 6.45) is 0. The number of pyridine rings is 1. The van der Waals surface area contributed by atoms with Gasteiger partial charge in [-0.3, -0.25) is 4.40 Å². The number of ether oxygens (including phenoxy) is 1. The molecule has 4 rings (SSSR count). The van der Waals surface area contributed by atoms with E-state index in [4.69, 9.17) is 9.72 Å². The van der Waals surface area contributed by atoms with Gasteiger partial charge < -0.3 is 9.64 Å². The first-order valence-electron chi connectivity index (χ1n) is 8.37. The van der Waals surface area contributed by atoms with E-state index in [0.29, 0.717) is 5.56 Å². The van der Waals surface area contributed by atoms with Gasteiger partial charge in [-0.05, 0) is 29.7 Å². The summed E-state index contributed by atoms with van der Waals surface area (Å²) < 4.78 is 7.64. The standard InChI is InChI=1S/C19H20N4O/c1-13(2)14-11-18(22-7-9-24-10-8-22)23-17-6-4-3-5-16(17)21-19(23)15(14)12-20/h3-6,11,13H,7-10H2,1-2H3. The molecule has 1 aromatic carbocycles. The van der Waals surface area contributed by atoms with Crippen LogP contribution < -0.4 is 4.90 Å². The fraction of sp³-hybridized carbons (Fsp3) is 0.368. The van der Waals surface area contributed by atoms with Crippen LogP contribution in [0.3, 0.4) is 0 Å². The van der Waals surface area contributed by atoms with Gasteiger partial charge in [-0.2, -0.15) is 5.26 Å². The molecule has 24 heavy (non-hydrogen) atoms. The van der Waals surface area contributed by atoms with E-state index in [9.17, 15) is 5.26 Å². The van der Waals surface area contributed by atoms with Crippen molar-refractivity contribution >= 4 is 22.5 Å².